The summed E-state index contributed by atoms with van der Waals surface area (Å²) in [6.07, 6.45) is 0.843. The molecule has 0 aliphatic heterocycles. The highest BCUT2D eigenvalue weighted by molar-refractivity contribution is 5.80. The molecule has 0 spiro atoms. The van der Waals surface area contributed by atoms with Gasteiger partial charge in [0.15, 0.2) is 6.29 Å². The van der Waals surface area contributed by atoms with Crippen molar-refractivity contribution in [2.75, 3.05) is 7.11 Å². The molecule has 3 rings (SSSR count). The Morgan fingerprint density at radius 2 is 1.35 bits per heavy atom. The Morgan fingerprint density at radius 3 is 1.83 bits per heavy atom. The minimum atomic E-state index is 0.0852. The van der Waals surface area contributed by atoms with Crippen LogP contribution in [0.25, 0.3) is 0 Å². The molecule has 0 heterocycles. The lowest BCUT2D eigenvalue weighted by Gasteiger charge is -2.19. The summed E-state index contributed by atoms with van der Waals surface area (Å²) in [5.74, 6) is 0.686. The number of hydrogen-bond donors (Lipinski definition) is 0. The van der Waals surface area contributed by atoms with E-state index in [1.165, 1.54) is 11.1 Å². The number of methoxy groups -OCH3 is 1. The van der Waals surface area contributed by atoms with Crippen molar-refractivity contribution in [3.8, 4) is 5.75 Å². The maximum atomic E-state index is 11.4. The first-order valence-electron chi connectivity index (χ1n) is 7.56. The van der Waals surface area contributed by atoms with E-state index in [1.807, 2.05) is 54.6 Å². The molecular weight excluding hydrogens is 284 g/mol. The summed E-state index contributed by atoms with van der Waals surface area (Å²) >= 11 is 0. The second kappa shape index (κ2) is 6.93. The predicted octanol–water partition coefficient (Wildman–Crippen LogP) is 4.69. The monoisotopic (exact) mass is 302 g/mol. The molecular formula is C21H18O2. The molecule has 3 aromatic rings. The topological polar surface area (TPSA) is 26.3 Å². The fraction of sp³-hybridized carbons (Fsp3) is 0.0952. The Hall–Kier alpha value is -2.87. The predicted molar refractivity (Wildman–Crippen MR) is 92.2 cm³/mol. The molecule has 0 saturated carbocycles. The van der Waals surface area contributed by atoms with Gasteiger partial charge in [0.2, 0.25) is 0 Å². The smallest absolute Gasteiger partial charge is 0.153 e. The molecule has 0 amide bonds. The van der Waals surface area contributed by atoms with Crippen molar-refractivity contribution in [1.29, 1.82) is 0 Å². The molecule has 0 aliphatic rings. The lowest BCUT2D eigenvalue weighted by atomic mass is 9.84. The first kappa shape index (κ1) is 15.0. The lowest BCUT2D eigenvalue weighted by molar-refractivity contribution is 0.112. The number of hydrogen-bond acceptors (Lipinski definition) is 2. The third-order valence-electron chi connectivity index (χ3n) is 3.98. The van der Waals surface area contributed by atoms with Crippen LogP contribution in [0.2, 0.25) is 0 Å². The van der Waals surface area contributed by atoms with Crippen molar-refractivity contribution in [1.82, 2.24) is 0 Å². The second-order valence-corrected chi connectivity index (χ2v) is 5.37. The number of carbonyl (C=O) groups excluding carboxylic acids is 1. The summed E-state index contributed by atoms with van der Waals surface area (Å²) in [6, 6.07) is 26.4. The second-order valence-electron chi connectivity index (χ2n) is 5.37. The number of carbonyl (C=O) groups is 1. The summed E-state index contributed by atoms with van der Waals surface area (Å²) in [4.78, 5) is 11.4. The van der Waals surface area contributed by atoms with Gasteiger partial charge in [-0.15, -0.1) is 0 Å². The van der Waals surface area contributed by atoms with Gasteiger partial charge in [-0.05, 0) is 28.8 Å². The van der Waals surface area contributed by atoms with Crippen LogP contribution in [-0.4, -0.2) is 13.4 Å². The minimum Gasteiger partial charge on any atom is -0.496 e. The van der Waals surface area contributed by atoms with Gasteiger partial charge in [-0.25, -0.2) is 0 Å². The van der Waals surface area contributed by atoms with Gasteiger partial charge in [-0.3, -0.25) is 4.79 Å². The van der Waals surface area contributed by atoms with E-state index in [0.717, 1.165) is 11.8 Å². The van der Waals surface area contributed by atoms with E-state index < -0.39 is 0 Å². The Morgan fingerprint density at radius 1 is 0.783 bits per heavy atom. The third kappa shape index (κ3) is 3.16. The molecule has 0 fully saturated rings. The molecule has 2 nitrogen and oxygen atoms in total. The zero-order valence-corrected chi connectivity index (χ0v) is 13.0. The van der Waals surface area contributed by atoms with Crippen LogP contribution in [0.3, 0.4) is 0 Å². The van der Waals surface area contributed by atoms with Gasteiger partial charge in [-0.1, -0.05) is 66.7 Å². The van der Waals surface area contributed by atoms with E-state index in [0.29, 0.717) is 11.3 Å². The van der Waals surface area contributed by atoms with Gasteiger partial charge in [0.25, 0.3) is 0 Å². The number of rotatable bonds is 5. The van der Waals surface area contributed by atoms with E-state index in [4.69, 9.17) is 4.74 Å². The lowest BCUT2D eigenvalue weighted by Crippen LogP contribution is -2.04. The van der Waals surface area contributed by atoms with Gasteiger partial charge in [0, 0.05) is 5.92 Å². The summed E-state index contributed by atoms with van der Waals surface area (Å²) in [5, 5.41) is 0. The zero-order valence-electron chi connectivity index (χ0n) is 13.0. The number of aldehydes is 1. The molecule has 0 saturated heterocycles. The summed E-state index contributed by atoms with van der Waals surface area (Å²) in [6.45, 7) is 0. The molecule has 0 bridgehead atoms. The van der Waals surface area contributed by atoms with Gasteiger partial charge in [-0.2, -0.15) is 0 Å². The van der Waals surface area contributed by atoms with Crippen LogP contribution >= 0.6 is 0 Å². The largest absolute Gasteiger partial charge is 0.496 e. The summed E-state index contributed by atoms with van der Waals surface area (Å²) in [7, 11) is 1.58. The summed E-state index contributed by atoms with van der Waals surface area (Å²) < 4.78 is 5.25. The zero-order chi connectivity index (χ0) is 16.1. The highest BCUT2D eigenvalue weighted by Crippen LogP contribution is 2.33. The molecule has 0 atom stereocenters. The van der Waals surface area contributed by atoms with E-state index in [9.17, 15) is 4.79 Å². The highest BCUT2D eigenvalue weighted by Gasteiger charge is 2.17. The average Bonchev–Trinajstić information content (AvgIpc) is 2.63. The Labute approximate surface area is 136 Å². The average molecular weight is 302 g/mol. The van der Waals surface area contributed by atoms with Crippen LogP contribution in [0.4, 0.5) is 0 Å². The quantitative estimate of drug-likeness (QED) is 0.505. The first-order chi connectivity index (χ1) is 11.3. The third-order valence-corrected chi connectivity index (χ3v) is 3.98. The van der Waals surface area contributed by atoms with Crippen LogP contribution in [0, 0.1) is 0 Å². The van der Waals surface area contributed by atoms with Crippen molar-refractivity contribution >= 4 is 6.29 Å². The van der Waals surface area contributed by atoms with Crippen LogP contribution in [0.5, 0.6) is 5.75 Å². The van der Waals surface area contributed by atoms with Gasteiger partial charge in [0.05, 0.1) is 12.7 Å². The Bertz CT molecular complexity index is 740. The molecule has 23 heavy (non-hydrogen) atoms. The standard InChI is InChI=1S/C21H18O2/c1-23-20-13-12-18(14-19(20)15-22)21(16-8-4-2-5-9-16)17-10-6-3-7-11-17/h2-15,21H,1H3. The molecule has 0 N–H and O–H groups in total. The Balaban J connectivity index is 2.15. The number of benzene rings is 3. The molecule has 2 heteroatoms. The van der Waals surface area contributed by atoms with Gasteiger partial charge < -0.3 is 4.74 Å². The van der Waals surface area contributed by atoms with E-state index >= 15 is 0 Å². The molecule has 114 valence electrons. The molecule has 0 unspecified atom stereocenters. The van der Waals surface area contributed by atoms with Crippen molar-refractivity contribution in [2.24, 2.45) is 0 Å². The van der Waals surface area contributed by atoms with Crippen LogP contribution in [0.1, 0.15) is 33.0 Å². The van der Waals surface area contributed by atoms with Crippen molar-refractivity contribution < 1.29 is 9.53 Å². The van der Waals surface area contributed by atoms with Gasteiger partial charge in [0.1, 0.15) is 5.75 Å². The fourth-order valence-electron chi connectivity index (χ4n) is 2.89. The molecule has 0 aromatic heterocycles. The maximum Gasteiger partial charge on any atom is 0.153 e. The number of ether oxygens (including phenoxy) is 1. The van der Waals surface area contributed by atoms with E-state index in [2.05, 4.69) is 24.3 Å². The maximum absolute atomic E-state index is 11.4. The van der Waals surface area contributed by atoms with Crippen LogP contribution in [-0.2, 0) is 0 Å². The normalized spacial score (nSPS) is 10.5. The molecule has 0 aliphatic carbocycles. The molecule has 3 aromatic carbocycles. The molecule has 0 radical (unpaired) electrons. The summed E-state index contributed by atoms with van der Waals surface area (Å²) in [5.41, 5.74) is 4.04. The Kier molecular flexibility index (Phi) is 4.53. The minimum absolute atomic E-state index is 0.0852. The van der Waals surface area contributed by atoms with Gasteiger partial charge >= 0.3 is 0 Å². The van der Waals surface area contributed by atoms with Crippen LogP contribution < -0.4 is 4.74 Å². The van der Waals surface area contributed by atoms with Crippen molar-refractivity contribution in [3.63, 3.8) is 0 Å². The van der Waals surface area contributed by atoms with E-state index in [1.54, 1.807) is 7.11 Å². The van der Waals surface area contributed by atoms with Crippen molar-refractivity contribution in [2.45, 2.75) is 5.92 Å². The SMILES string of the molecule is COc1ccc(C(c2ccccc2)c2ccccc2)cc1C=O. The highest BCUT2D eigenvalue weighted by atomic mass is 16.5. The fourth-order valence-corrected chi connectivity index (χ4v) is 2.89. The van der Waals surface area contributed by atoms with E-state index in [-0.39, 0.29) is 5.92 Å². The first-order valence-corrected chi connectivity index (χ1v) is 7.56. The van der Waals surface area contributed by atoms with Crippen LogP contribution in [0.15, 0.2) is 78.9 Å². The van der Waals surface area contributed by atoms with Crippen molar-refractivity contribution in [3.05, 3.63) is 101 Å².